The van der Waals surface area contributed by atoms with Gasteiger partial charge in [-0.15, -0.1) is 24.0 Å². The third kappa shape index (κ3) is 5.82. The highest BCUT2D eigenvalue weighted by molar-refractivity contribution is 14.0. The van der Waals surface area contributed by atoms with Crippen molar-refractivity contribution in [2.24, 2.45) is 4.99 Å². The summed E-state index contributed by atoms with van der Waals surface area (Å²) < 4.78 is 0. The molecule has 2 aliphatic rings. The Morgan fingerprint density at radius 2 is 1.83 bits per heavy atom. The second kappa shape index (κ2) is 10.9. The van der Waals surface area contributed by atoms with E-state index in [1.807, 2.05) is 25.2 Å². The maximum Gasteiger partial charge on any atom is 0.191 e. The Labute approximate surface area is 201 Å². The lowest BCUT2D eigenvalue weighted by molar-refractivity contribution is 0.648. The fourth-order valence-electron chi connectivity index (χ4n) is 3.87. The largest absolute Gasteiger partial charge is 0.369 e. The molecule has 7 heteroatoms. The highest BCUT2D eigenvalue weighted by Gasteiger charge is 2.23. The topological polar surface area (TPSA) is 42.9 Å². The van der Waals surface area contributed by atoms with Crippen LogP contribution in [0.1, 0.15) is 12.0 Å². The number of guanidine groups is 1. The molecule has 0 aromatic heterocycles. The summed E-state index contributed by atoms with van der Waals surface area (Å²) in [5, 5.41) is 7.77. The maximum atomic E-state index is 6.14. The first-order chi connectivity index (χ1) is 14.2. The number of benzene rings is 2. The lowest BCUT2D eigenvalue weighted by atomic mass is 10.2. The number of nitrogens with one attached hydrogen (secondary N) is 2. The summed E-state index contributed by atoms with van der Waals surface area (Å²) in [6.45, 7) is 4.72. The predicted molar refractivity (Wildman–Crippen MR) is 139 cm³/mol. The van der Waals surface area contributed by atoms with Gasteiger partial charge in [0.25, 0.3) is 0 Å². The van der Waals surface area contributed by atoms with Gasteiger partial charge in [-0.25, -0.2) is 0 Å². The molecule has 4 rings (SSSR count). The van der Waals surface area contributed by atoms with Gasteiger partial charge >= 0.3 is 0 Å². The minimum absolute atomic E-state index is 0. The van der Waals surface area contributed by atoms with Crippen molar-refractivity contribution >= 4 is 52.9 Å². The molecule has 1 unspecified atom stereocenters. The monoisotopic (exact) mass is 537 g/mol. The van der Waals surface area contributed by atoms with Crippen LogP contribution in [0, 0.1) is 0 Å². The summed E-state index contributed by atoms with van der Waals surface area (Å²) in [7, 11) is 1.82. The van der Waals surface area contributed by atoms with Gasteiger partial charge in [0, 0.05) is 62.2 Å². The van der Waals surface area contributed by atoms with Crippen LogP contribution in [0.2, 0.25) is 5.02 Å². The first-order valence-corrected chi connectivity index (χ1v) is 10.6. The molecule has 0 amide bonds. The van der Waals surface area contributed by atoms with E-state index in [0.717, 1.165) is 50.1 Å². The number of rotatable bonds is 5. The van der Waals surface area contributed by atoms with Gasteiger partial charge < -0.3 is 20.4 Å². The first kappa shape index (κ1) is 22.7. The summed E-state index contributed by atoms with van der Waals surface area (Å²) in [5.41, 5.74) is 3.70. The summed E-state index contributed by atoms with van der Waals surface area (Å²) in [5.74, 6) is 0.843. The lowest BCUT2D eigenvalue weighted by Gasteiger charge is -2.21. The molecule has 0 radical (unpaired) electrons. The van der Waals surface area contributed by atoms with Crippen LogP contribution >= 0.6 is 35.6 Å². The van der Waals surface area contributed by atoms with E-state index < -0.39 is 0 Å². The third-order valence-electron chi connectivity index (χ3n) is 5.51. The van der Waals surface area contributed by atoms with Gasteiger partial charge in [-0.05, 0) is 42.3 Å². The second-order valence-corrected chi connectivity index (χ2v) is 7.96. The Morgan fingerprint density at radius 1 is 1.07 bits per heavy atom. The van der Waals surface area contributed by atoms with Crippen LogP contribution in [0.15, 0.2) is 65.7 Å². The average molecular weight is 538 g/mol. The Bertz CT molecular complexity index is 875. The van der Waals surface area contributed by atoms with E-state index in [1.54, 1.807) is 0 Å². The maximum absolute atomic E-state index is 6.14. The van der Waals surface area contributed by atoms with E-state index in [1.165, 1.54) is 16.9 Å². The molecule has 2 aliphatic heterocycles. The van der Waals surface area contributed by atoms with Crippen molar-refractivity contribution in [1.29, 1.82) is 0 Å². The van der Waals surface area contributed by atoms with E-state index in [4.69, 9.17) is 11.6 Å². The van der Waals surface area contributed by atoms with Crippen LogP contribution in [0.5, 0.6) is 0 Å². The number of hydrogen-bond acceptors (Lipinski definition) is 3. The van der Waals surface area contributed by atoms with E-state index in [0.29, 0.717) is 6.04 Å². The molecule has 30 heavy (non-hydrogen) atoms. The molecule has 2 heterocycles. The lowest BCUT2D eigenvalue weighted by Crippen LogP contribution is -2.44. The smallest absolute Gasteiger partial charge is 0.191 e. The van der Waals surface area contributed by atoms with Crippen molar-refractivity contribution in [3.05, 3.63) is 71.3 Å². The fourth-order valence-corrected chi connectivity index (χ4v) is 4.06. The van der Waals surface area contributed by atoms with E-state index in [2.05, 4.69) is 67.9 Å². The average Bonchev–Trinajstić information content (AvgIpc) is 3.44. The van der Waals surface area contributed by atoms with Crippen molar-refractivity contribution in [3.8, 4) is 0 Å². The van der Waals surface area contributed by atoms with Crippen LogP contribution in [0.3, 0.4) is 0 Å². The summed E-state index contributed by atoms with van der Waals surface area (Å²) in [4.78, 5) is 9.11. The van der Waals surface area contributed by atoms with Crippen molar-refractivity contribution in [2.45, 2.75) is 19.0 Å². The molecule has 160 valence electrons. The van der Waals surface area contributed by atoms with Crippen LogP contribution < -0.4 is 20.4 Å². The van der Waals surface area contributed by atoms with E-state index in [-0.39, 0.29) is 24.0 Å². The Kier molecular flexibility index (Phi) is 8.27. The fraction of sp³-hybridized carbons (Fsp3) is 0.348. The van der Waals surface area contributed by atoms with Gasteiger partial charge in [-0.2, -0.15) is 0 Å². The van der Waals surface area contributed by atoms with Crippen LogP contribution in [0.4, 0.5) is 11.4 Å². The minimum atomic E-state index is 0. The van der Waals surface area contributed by atoms with Gasteiger partial charge in [0.2, 0.25) is 0 Å². The van der Waals surface area contributed by atoms with Gasteiger partial charge in [0.1, 0.15) is 0 Å². The molecular weight excluding hydrogens is 509 g/mol. The van der Waals surface area contributed by atoms with Gasteiger partial charge in [0.05, 0.1) is 0 Å². The SMILES string of the molecule is CN=C(NCc1ccc(N2CC=CC2)cc1)NC1CCN(c2cccc(Cl)c2)C1.I. The quantitative estimate of drug-likeness (QED) is 0.259. The van der Waals surface area contributed by atoms with Gasteiger partial charge in [0.15, 0.2) is 5.96 Å². The number of aliphatic imine (C=N–C) groups is 1. The van der Waals surface area contributed by atoms with Crippen molar-refractivity contribution in [3.63, 3.8) is 0 Å². The molecule has 0 spiro atoms. The van der Waals surface area contributed by atoms with E-state index in [9.17, 15) is 0 Å². The molecule has 2 aromatic rings. The van der Waals surface area contributed by atoms with Crippen LogP contribution in [0.25, 0.3) is 0 Å². The summed E-state index contributed by atoms with van der Waals surface area (Å²) in [6.07, 6.45) is 5.50. The van der Waals surface area contributed by atoms with Gasteiger partial charge in [-0.3, -0.25) is 4.99 Å². The standard InChI is InChI=1S/C23H28ClN5.HI/c1-25-23(26-16-18-7-9-21(10-8-18)28-12-2-3-13-28)27-20-11-14-29(17-20)22-6-4-5-19(24)15-22;/h2-10,15,20H,11-14,16-17H2,1H3,(H2,25,26,27);1H. The molecule has 1 atom stereocenters. The zero-order chi connectivity index (χ0) is 20.1. The molecule has 2 aromatic carbocycles. The molecule has 2 N–H and O–H groups in total. The number of nitrogens with zero attached hydrogens (tertiary/aromatic N) is 3. The van der Waals surface area contributed by atoms with Gasteiger partial charge in [-0.1, -0.05) is 42.0 Å². The number of hydrogen-bond donors (Lipinski definition) is 2. The highest BCUT2D eigenvalue weighted by atomic mass is 127. The normalized spacial score (nSPS) is 18.5. The van der Waals surface area contributed by atoms with E-state index >= 15 is 0 Å². The Balaban J connectivity index is 0.00000256. The predicted octanol–water partition coefficient (Wildman–Crippen LogP) is 4.28. The summed E-state index contributed by atoms with van der Waals surface area (Å²) in [6, 6.07) is 17.2. The molecule has 0 saturated carbocycles. The highest BCUT2D eigenvalue weighted by Crippen LogP contribution is 2.23. The summed E-state index contributed by atoms with van der Waals surface area (Å²) >= 11 is 6.14. The molecule has 1 saturated heterocycles. The Morgan fingerprint density at radius 3 is 2.53 bits per heavy atom. The second-order valence-electron chi connectivity index (χ2n) is 7.52. The minimum Gasteiger partial charge on any atom is -0.369 e. The molecule has 0 aliphatic carbocycles. The first-order valence-electron chi connectivity index (χ1n) is 10.2. The molecular formula is C23H29ClIN5. The number of anilines is 2. The zero-order valence-electron chi connectivity index (χ0n) is 17.2. The molecule has 0 bridgehead atoms. The zero-order valence-corrected chi connectivity index (χ0v) is 20.3. The van der Waals surface area contributed by atoms with Crippen LogP contribution in [-0.2, 0) is 6.54 Å². The van der Waals surface area contributed by atoms with Crippen molar-refractivity contribution in [1.82, 2.24) is 10.6 Å². The van der Waals surface area contributed by atoms with Crippen LogP contribution in [-0.4, -0.2) is 45.2 Å². The molecule has 5 nitrogen and oxygen atoms in total. The number of halogens is 2. The van der Waals surface area contributed by atoms with Crippen molar-refractivity contribution in [2.75, 3.05) is 43.0 Å². The van der Waals surface area contributed by atoms with Crippen molar-refractivity contribution < 1.29 is 0 Å². The molecule has 1 fully saturated rings. The Hall–Kier alpha value is -1.93. The third-order valence-corrected chi connectivity index (χ3v) is 5.74.